The number of halogens is 2. The van der Waals surface area contributed by atoms with Crippen LogP contribution in [-0.4, -0.2) is 6.29 Å². The predicted octanol–water partition coefficient (Wildman–Crippen LogP) is 6.43. The van der Waals surface area contributed by atoms with Crippen LogP contribution in [0.3, 0.4) is 0 Å². The fraction of sp³-hybridized carbons (Fsp3) is 0.348. The van der Waals surface area contributed by atoms with Crippen LogP contribution in [0.4, 0.5) is 4.39 Å². The smallest absolute Gasteiger partial charge is 0.126 e. The zero-order valence-electron chi connectivity index (χ0n) is 15.1. The summed E-state index contributed by atoms with van der Waals surface area (Å²) in [5.41, 5.74) is 5.71. The van der Waals surface area contributed by atoms with Gasteiger partial charge in [0.15, 0.2) is 0 Å². The molecule has 0 saturated heterocycles. The molecule has 0 N–H and O–H groups in total. The zero-order chi connectivity index (χ0) is 18.5. The van der Waals surface area contributed by atoms with E-state index in [0.29, 0.717) is 12.8 Å². The Morgan fingerprint density at radius 3 is 2.58 bits per heavy atom. The number of aryl methyl sites for hydroxylation is 1. The highest BCUT2D eigenvalue weighted by molar-refractivity contribution is 6.30. The van der Waals surface area contributed by atoms with Gasteiger partial charge in [0.25, 0.3) is 0 Å². The molecule has 2 aromatic rings. The normalized spacial score (nSPS) is 15.3. The minimum Gasteiger partial charge on any atom is -0.303 e. The summed E-state index contributed by atoms with van der Waals surface area (Å²) in [6, 6.07) is 13.4. The van der Waals surface area contributed by atoms with Crippen LogP contribution in [0.1, 0.15) is 49.3 Å². The maximum atomic E-state index is 14.4. The van der Waals surface area contributed by atoms with Gasteiger partial charge in [0.2, 0.25) is 0 Å². The average Bonchev–Trinajstić information content (AvgIpc) is 3.10. The van der Waals surface area contributed by atoms with E-state index in [-0.39, 0.29) is 11.7 Å². The van der Waals surface area contributed by atoms with Crippen molar-refractivity contribution in [2.24, 2.45) is 5.92 Å². The fourth-order valence-electron chi connectivity index (χ4n) is 3.71. The van der Waals surface area contributed by atoms with Crippen molar-refractivity contribution < 1.29 is 9.18 Å². The lowest BCUT2D eigenvalue weighted by Crippen LogP contribution is -2.02. The molecule has 136 valence electrons. The quantitative estimate of drug-likeness (QED) is 0.513. The Hall–Kier alpha value is -1.93. The van der Waals surface area contributed by atoms with Crippen molar-refractivity contribution in [2.75, 3.05) is 0 Å². The maximum Gasteiger partial charge on any atom is 0.126 e. The van der Waals surface area contributed by atoms with Gasteiger partial charge in [0.1, 0.15) is 12.1 Å². The molecule has 3 heteroatoms. The van der Waals surface area contributed by atoms with Gasteiger partial charge in [-0.3, -0.25) is 0 Å². The number of carbonyl (C=O) groups is 1. The molecule has 0 bridgehead atoms. The molecule has 0 aromatic heterocycles. The molecule has 1 atom stereocenters. The highest BCUT2D eigenvalue weighted by Gasteiger charge is 2.17. The monoisotopic (exact) mass is 370 g/mol. The second-order valence-electron chi connectivity index (χ2n) is 7.19. The third kappa shape index (κ3) is 4.62. The lowest BCUT2D eigenvalue weighted by Gasteiger charge is -2.10. The van der Waals surface area contributed by atoms with E-state index in [4.69, 9.17) is 11.6 Å². The van der Waals surface area contributed by atoms with Crippen LogP contribution in [-0.2, 0) is 17.6 Å². The van der Waals surface area contributed by atoms with Crippen LogP contribution in [0.15, 0.2) is 48.0 Å². The Morgan fingerprint density at radius 2 is 1.88 bits per heavy atom. The Labute approximate surface area is 159 Å². The molecule has 2 aromatic carbocycles. The molecule has 0 amide bonds. The van der Waals surface area contributed by atoms with Gasteiger partial charge in [-0.05, 0) is 79.0 Å². The summed E-state index contributed by atoms with van der Waals surface area (Å²) in [6.07, 6.45) is 6.44. The van der Waals surface area contributed by atoms with Gasteiger partial charge in [-0.25, -0.2) is 4.39 Å². The van der Waals surface area contributed by atoms with E-state index in [1.54, 1.807) is 6.07 Å². The Kier molecular flexibility index (Phi) is 6.26. The number of aldehydes is 1. The van der Waals surface area contributed by atoms with Crippen molar-refractivity contribution in [3.8, 4) is 0 Å². The Balaban J connectivity index is 1.70. The van der Waals surface area contributed by atoms with Gasteiger partial charge in [-0.1, -0.05) is 48.4 Å². The summed E-state index contributed by atoms with van der Waals surface area (Å²) in [5.74, 6) is -0.238. The number of allylic oxidation sites excluding steroid dienone is 2. The third-order valence-electron chi connectivity index (χ3n) is 5.13. The molecule has 0 aliphatic heterocycles. The summed E-state index contributed by atoms with van der Waals surface area (Å²) in [7, 11) is 0. The molecule has 0 heterocycles. The first-order chi connectivity index (χ1) is 12.6. The van der Waals surface area contributed by atoms with Crippen molar-refractivity contribution in [3.05, 3.63) is 75.6 Å². The molecule has 1 aliphatic rings. The summed E-state index contributed by atoms with van der Waals surface area (Å²) in [6.45, 7) is 1.85. The van der Waals surface area contributed by atoms with Crippen molar-refractivity contribution in [1.82, 2.24) is 0 Å². The number of rotatable bonds is 7. The van der Waals surface area contributed by atoms with Crippen LogP contribution in [0.2, 0.25) is 5.02 Å². The first kappa shape index (κ1) is 18.8. The van der Waals surface area contributed by atoms with Crippen LogP contribution >= 0.6 is 11.6 Å². The van der Waals surface area contributed by atoms with Gasteiger partial charge < -0.3 is 4.79 Å². The fourth-order valence-corrected chi connectivity index (χ4v) is 3.83. The molecule has 1 unspecified atom stereocenters. The van der Waals surface area contributed by atoms with E-state index in [0.717, 1.165) is 48.1 Å². The average molecular weight is 371 g/mol. The molecule has 0 fully saturated rings. The van der Waals surface area contributed by atoms with Crippen molar-refractivity contribution >= 4 is 23.5 Å². The van der Waals surface area contributed by atoms with Crippen LogP contribution in [0, 0.1) is 11.7 Å². The summed E-state index contributed by atoms with van der Waals surface area (Å²) in [5, 5.41) is 0.750. The van der Waals surface area contributed by atoms with E-state index >= 15 is 0 Å². The van der Waals surface area contributed by atoms with Gasteiger partial charge in [0, 0.05) is 10.9 Å². The summed E-state index contributed by atoms with van der Waals surface area (Å²) < 4.78 is 14.4. The molecule has 3 rings (SSSR count). The molecule has 1 aliphatic carbocycles. The number of benzene rings is 2. The minimum absolute atomic E-state index is 0.0779. The van der Waals surface area contributed by atoms with E-state index in [1.807, 2.05) is 31.2 Å². The van der Waals surface area contributed by atoms with Crippen LogP contribution in [0.25, 0.3) is 5.57 Å². The van der Waals surface area contributed by atoms with Crippen molar-refractivity contribution in [3.63, 3.8) is 0 Å². The number of carbonyl (C=O) groups excluding carboxylic acids is 1. The molecule has 0 saturated carbocycles. The van der Waals surface area contributed by atoms with Crippen molar-refractivity contribution in [2.45, 2.75) is 45.4 Å². The number of hydrogen-bond acceptors (Lipinski definition) is 1. The Bertz CT molecular complexity index is 807. The summed E-state index contributed by atoms with van der Waals surface area (Å²) >= 11 is 5.99. The molecule has 1 nitrogen and oxygen atoms in total. The standard InChI is InChI=1S/C23H24ClFO/c1-16(15-26)13-17-5-6-20(23(25)14-17)8-7-18-3-2-4-22(18)19-9-11-21(24)12-10-19/h5-6,9-12,14-16H,2-4,7-8,13H2,1H3. The molecule has 26 heavy (non-hydrogen) atoms. The highest BCUT2D eigenvalue weighted by Crippen LogP contribution is 2.36. The zero-order valence-corrected chi connectivity index (χ0v) is 15.9. The lowest BCUT2D eigenvalue weighted by molar-refractivity contribution is -0.110. The molecular formula is C23H24ClFO. The van der Waals surface area contributed by atoms with Gasteiger partial charge >= 0.3 is 0 Å². The van der Waals surface area contributed by atoms with E-state index in [1.165, 1.54) is 16.7 Å². The van der Waals surface area contributed by atoms with Gasteiger partial charge in [0.05, 0.1) is 0 Å². The SMILES string of the molecule is CC(C=O)Cc1ccc(CCC2=C(c3ccc(Cl)cc3)CCC2)c(F)c1. The third-order valence-corrected chi connectivity index (χ3v) is 5.38. The Morgan fingerprint density at radius 1 is 1.12 bits per heavy atom. The largest absolute Gasteiger partial charge is 0.303 e. The topological polar surface area (TPSA) is 17.1 Å². The first-order valence-corrected chi connectivity index (χ1v) is 9.64. The first-order valence-electron chi connectivity index (χ1n) is 9.26. The number of hydrogen-bond donors (Lipinski definition) is 0. The van der Waals surface area contributed by atoms with Crippen LogP contribution < -0.4 is 0 Å². The molecule has 0 radical (unpaired) electrons. The van der Waals surface area contributed by atoms with E-state index in [9.17, 15) is 9.18 Å². The minimum atomic E-state index is -0.160. The van der Waals surface area contributed by atoms with E-state index < -0.39 is 0 Å². The van der Waals surface area contributed by atoms with Crippen LogP contribution in [0.5, 0.6) is 0 Å². The summed E-state index contributed by atoms with van der Waals surface area (Å²) in [4.78, 5) is 10.8. The lowest BCUT2D eigenvalue weighted by atomic mass is 9.96. The van der Waals surface area contributed by atoms with Crippen molar-refractivity contribution in [1.29, 1.82) is 0 Å². The molecule has 0 spiro atoms. The molecular weight excluding hydrogens is 347 g/mol. The predicted molar refractivity (Wildman–Crippen MR) is 106 cm³/mol. The second kappa shape index (κ2) is 8.64. The van der Waals surface area contributed by atoms with Gasteiger partial charge in [-0.2, -0.15) is 0 Å². The second-order valence-corrected chi connectivity index (χ2v) is 7.62. The maximum absolute atomic E-state index is 14.4. The van der Waals surface area contributed by atoms with Gasteiger partial charge in [-0.15, -0.1) is 0 Å². The van der Waals surface area contributed by atoms with E-state index in [2.05, 4.69) is 12.1 Å². The highest BCUT2D eigenvalue weighted by atomic mass is 35.5.